The van der Waals surface area contributed by atoms with Gasteiger partial charge in [-0.25, -0.2) is 0 Å². The van der Waals surface area contributed by atoms with Gasteiger partial charge in [-0.15, -0.1) is 24.0 Å². The molecular weight excluding hydrogens is 501 g/mol. The van der Waals surface area contributed by atoms with Crippen molar-refractivity contribution in [2.24, 2.45) is 10.9 Å². The molecule has 2 saturated heterocycles. The van der Waals surface area contributed by atoms with Gasteiger partial charge in [0, 0.05) is 25.2 Å². The second kappa shape index (κ2) is 14.2. The van der Waals surface area contributed by atoms with E-state index in [9.17, 15) is 0 Å². The van der Waals surface area contributed by atoms with Gasteiger partial charge in [0.25, 0.3) is 0 Å². The molecule has 31 heavy (non-hydrogen) atoms. The Labute approximate surface area is 206 Å². The second-order valence-electron chi connectivity index (χ2n) is 8.50. The standard InChI is InChI=1S/C24H41N5O.HI/c1-4-25-24(26-17-20-11-10-14-28(5-2)19-20)27-18-22(29-15-8-9-16-29)21-12-6-7-13-23(21)30-3;/h6-7,12-13,20,22H,4-5,8-11,14-19H2,1-3H3,(H2,25,26,27);1H. The number of nitrogens with one attached hydrogen (secondary N) is 2. The van der Waals surface area contributed by atoms with Crippen LogP contribution in [0.4, 0.5) is 0 Å². The Morgan fingerprint density at radius 1 is 1.13 bits per heavy atom. The van der Waals surface area contributed by atoms with Crippen LogP contribution in [0.15, 0.2) is 29.3 Å². The lowest BCUT2D eigenvalue weighted by molar-refractivity contribution is 0.183. The summed E-state index contributed by atoms with van der Waals surface area (Å²) in [6, 6.07) is 8.66. The smallest absolute Gasteiger partial charge is 0.191 e. The van der Waals surface area contributed by atoms with Crippen molar-refractivity contribution in [3.63, 3.8) is 0 Å². The topological polar surface area (TPSA) is 52.1 Å². The van der Waals surface area contributed by atoms with Crippen molar-refractivity contribution in [3.8, 4) is 5.75 Å². The van der Waals surface area contributed by atoms with Crippen LogP contribution in [-0.4, -0.2) is 75.2 Å². The lowest BCUT2D eigenvalue weighted by Crippen LogP contribution is -2.44. The minimum absolute atomic E-state index is 0. The average Bonchev–Trinajstić information content (AvgIpc) is 3.32. The average molecular weight is 544 g/mol. The van der Waals surface area contributed by atoms with Crippen molar-refractivity contribution in [3.05, 3.63) is 29.8 Å². The molecule has 2 aliphatic rings. The number of rotatable bonds is 9. The molecule has 0 aromatic heterocycles. The Morgan fingerprint density at radius 3 is 2.61 bits per heavy atom. The highest BCUT2D eigenvalue weighted by molar-refractivity contribution is 14.0. The summed E-state index contributed by atoms with van der Waals surface area (Å²) < 4.78 is 5.68. The third kappa shape index (κ3) is 7.79. The molecule has 0 aliphatic carbocycles. The van der Waals surface area contributed by atoms with Crippen LogP contribution in [-0.2, 0) is 0 Å². The molecule has 3 rings (SSSR count). The summed E-state index contributed by atoms with van der Waals surface area (Å²) in [6.45, 7) is 12.9. The maximum Gasteiger partial charge on any atom is 0.191 e. The van der Waals surface area contributed by atoms with E-state index >= 15 is 0 Å². The van der Waals surface area contributed by atoms with Crippen LogP contribution < -0.4 is 15.4 Å². The summed E-state index contributed by atoms with van der Waals surface area (Å²) in [7, 11) is 1.76. The van der Waals surface area contributed by atoms with E-state index in [-0.39, 0.29) is 30.0 Å². The number of piperidine rings is 1. The van der Waals surface area contributed by atoms with Gasteiger partial charge in [0.05, 0.1) is 19.7 Å². The number of aliphatic imine (C=N–C) groups is 1. The fourth-order valence-electron chi connectivity index (χ4n) is 4.77. The van der Waals surface area contributed by atoms with Gasteiger partial charge < -0.3 is 20.3 Å². The van der Waals surface area contributed by atoms with E-state index in [1.807, 2.05) is 6.07 Å². The van der Waals surface area contributed by atoms with Gasteiger partial charge in [0.15, 0.2) is 5.96 Å². The molecule has 7 heteroatoms. The number of hydrogen-bond acceptors (Lipinski definition) is 4. The minimum Gasteiger partial charge on any atom is -0.496 e. The Kier molecular flexibility index (Phi) is 12.0. The van der Waals surface area contributed by atoms with E-state index in [1.54, 1.807) is 7.11 Å². The van der Waals surface area contributed by atoms with Crippen LogP contribution in [0.2, 0.25) is 0 Å². The maximum absolute atomic E-state index is 5.68. The SMILES string of the molecule is CCNC(=NCC(c1ccccc1OC)N1CCCC1)NCC1CCCN(CC)C1.I. The van der Waals surface area contributed by atoms with E-state index in [1.165, 1.54) is 44.3 Å². The summed E-state index contributed by atoms with van der Waals surface area (Å²) in [4.78, 5) is 10.1. The van der Waals surface area contributed by atoms with Crippen LogP contribution in [0.25, 0.3) is 0 Å². The number of guanidine groups is 1. The number of halogens is 1. The summed E-state index contributed by atoms with van der Waals surface area (Å²) in [6.07, 6.45) is 5.14. The molecule has 2 fully saturated rings. The zero-order chi connectivity index (χ0) is 21.2. The molecule has 176 valence electrons. The minimum atomic E-state index is 0. The van der Waals surface area contributed by atoms with Crippen LogP contribution in [0.1, 0.15) is 51.1 Å². The van der Waals surface area contributed by atoms with Crippen LogP contribution in [0, 0.1) is 5.92 Å². The van der Waals surface area contributed by atoms with E-state index in [0.717, 1.165) is 51.0 Å². The number of hydrogen-bond donors (Lipinski definition) is 2. The van der Waals surface area contributed by atoms with E-state index < -0.39 is 0 Å². The molecule has 2 unspecified atom stereocenters. The van der Waals surface area contributed by atoms with Gasteiger partial charge in [-0.3, -0.25) is 9.89 Å². The monoisotopic (exact) mass is 543 g/mol. The normalized spacial score (nSPS) is 21.4. The van der Waals surface area contributed by atoms with Crippen LogP contribution in [0.5, 0.6) is 5.75 Å². The number of para-hydroxylation sites is 1. The third-order valence-corrected chi connectivity index (χ3v) is 6.45. The summed E-state index contributed by atoms with van der Waals surface area (Å²) in [5.41, 5.74) is 1.24. The highest BCUT2D eigenvalue weighted by Crippen LogP contribution is 2.31. The summed E-state index contributed by atoms with van der Waals surface area (Å²) in [5, 5.41) is 7.07. The Bertz CT molecular complexity index is 665. The highest BCUT2D eigenvalue weighted by atomic mass is 127. The van der Waals surface area contributed by atoms with Gasteiger partial charge in [0.2, 0.25) is 0 Å². The van der Waals surface area contributed by atoms with Gasteiger partial charge in [0.1, 0.15) is 5.75 Å². The first-order valence-electron chi connectivity index (χ1n) is 11.9. The molecule has 1 aromatic rings. The second-order valence-corrected chi connectivity index (χ2v) is 8.50. The van der Waals surface area contributed by atoms with Gasteiger partial charge in [-0.1, -0.05) is 25.1 Å². The van der Waals surface area contributed by atoms with E-state index in [2.05, 4.69) is 52.5 Å². The van der Waals surface area contributed by atoms with Gasteiger partial charge in [-0.2, -0.15) is 0 Å². The molecule has 2 heterocycles. The summed E-state index contributed by atoms with van der Waals surface area (Å²) in [5.74, 6) is 2.60. The zero-order valence-electron chi connectivity index (χ0n) is 19.6. The fraction of sp³-hybridized carbons (Fsp3) is 0.708. The molecule has 6 nitrogen and oxygen atoms in total. The molecule has 1 aromatic carbocycles. The lowest BCUT2D eigenvalue weighted by atomic mass is 9.98. The number of nitrogens with zero attached hydrogens (tertiary/aromatic N) is 3. The molecule has 0 saturated carbocycles. The quantitative estimate of drug-likeness (QED) is 0.283. The highest BCUT2D eigenvalue weighted by Gasteiger charge is 2.26. The fourth-order valence-corrected chi connectivity index (χ4v) is 4.77. The Hall–Kier alpha value is -1.06. The first kappa shape index (κ1) is 26.2. The first-order valence-corrected chi connectivity index (χ1v) is 11.9. The molecule has 2 aliphatic heterocycles. The Morgan fingerprint density at radius 2 is 1.90 bits per heavy atom. The van der Waals surface area contributed by atoms with Gasteiger partial charge >= 0.3 is 0 Å². The van der Waals surface area contributed by atoms with Crippen LogP contribution in [0.3, 0.4) is 0 Å². The van der Waals surface area contributed by atoms with E-state index in [0.29, 0.717) is 5.92 Å². The van der Waals surface area contributed by atoms with Crippen molar-refractivity contribution in [2.45, 2.75) is 45.6 Å². The van der Waals surface area contributed by atoms with Gasteiger partial charge in [-0.05, 0) is 70.8 Å². The van der Waals surface area contributed by atoms with E-state index in [4.69, 9.17) is 9.73 Å². The maximum atomic E-state index is 5.68. The van der Waals surface area contributed by atoms with Crippen molar-refractivity contribution >= 4 is 29.9 Å². The number of likely N-dealkylation sites (tertiary alicyclic amines) is 2. The zero-order valence-corrected chi connectivity index (χ0v) is 21.9. The molecule has 2 atom stereocenters. The van der Waals surface area contributed by atoms with Crippen molar-refractivity contribution < 1.29 is 4.74 Å². The molecule has 0 radical (unpaired) electrons. The van der Waals surface area contributed by atoms with Crippen molar-refractivity contribution in [2.75, 3.05) is 59.5 Å². The number of methoxy groups -OCH3 is 1. The van der Waals surface area contributed by atoms with Crippen LogP contribution >= 0.6 is 24.0 Å². The molecule has 0 spiro atoms. The predicted octanol–water partition coefficient (Wildman–Crippen LogP) is 3.74. The Balaban J connectivity index is 0.00000341. The largest absolute Gasteiger partial charge is 0.496 e. The molecule has 2 N–H and O–H groups in total. The van der Waals surface area contributed by atoms with Crippen molar-refractivity contribution in [1.82, 2.24) is 20.4 Å². The number of benzene rings is 1. The molecule has 0 bridgehead atoms. The summed E-state index contributed by atoms with van der Waals surface area (Å²) >= 11 is 0. The lowest BCUT2D eigenvalue weighted by Gasteiger charge is -2.32. The van der Waals surface area contributed by atoms with Crippen molar-refractivity contribution in [1.29, 1.82) is 0 Å². The molecular formula is C24H42IN5O. The first-order chi connectivity index (χ1) is 14.7. The number of ether oxygens (including phenoxy) is 1. The molecule has 0 amide bonds. The third-order valence-electron chi connectivity index (χ3n) is 6.45. The predicted molar refractivity (Wildman–Crippen MR) is 141 cm³/mol.